The van der Waals surface area contributed by atoms with Crippen LogP contribution in [0.15, 0.2) is 24.3 Å². The SMILES string of the molecule is Cl.OC(CC1(OC(F)(F)F)C=CC=CC1)(C1CCOCC1)C1CNCCO1. The summed E-state index contributed by atoms with van der Waals surface area (Å²) in [6.07, 6.45) is 1.91. The molecule has 2 heterocycles. The van der Waals surface area contributed by atoms with Crippen LogP contribution in [0.5, 0.6) is 0 Å². The minimum absolute atomic E-state index is 0. The number of hydrogen-bond donors (Lipinski definition) is 2. The number of morpholine rings is 1. The molecule has 0 spiro atoms. The zero-order valence-electron chi connectivity index (χ0n) is 15.0. The van der Waals surface area contributed by atoms with E-state index in [-0.39, 0.29) is 31.2 Å². The minimum atomic E-state index is -4.79. The third-order valence-corrected chi connectivity index (χ3v) is 5.43. The first-order valence-corrected chi connectivity index (χ1v) is 9.07. The molecule has 5 nitrogen and oxygen atoms in total. The van der Waals surface area contributed by atoms with Gasteiger partial charge in [0.25, 0.3) is 0 Å². The zero-order chi connectivity index (χ0) is 18.7. The Labute approximate surface area is 163 Å². The molecule has 0 aromatic carbocycles. The highest BCUT2D eigenvalue weighted by Gasteiger charge is 2.53. The Morgan fingerprint density at radius 3 is 2.48 bits per heavy atom. The van der Waals surface area contributed by atoms with Crippen LogP contribution in [-0.4, -0.2) is 61.7 Å². The van der Waals surface area contributed by atoms with E-state index in [1.54, 1.807) is 18.2 Å². The third kappa shape index (κ3) is 5.68. The first-order chi connectivity index (χ1) is 12.3. The summed E-state index contributed by atoms with van der Waals surface area (Å²) < 4.78 is 55.1. The van der Waals surface area contributed by atoms with Crippen LogP contribution in [0.4, 0.5) is 13.2 Å². The van der Waals surface area contributed by atoms with Gasteiger partial charge in [-0.3, -0.25) is 4.74 Å². The zero-order valence-corrected chi connectivity index (χ0v) is 15.9. The molecule has 0 amide bonds. The maximum atomic E-state index is 13.1. The van der Waals surface area contributed by atoms with Crippen molar-refractivity contribution in [3.8, 4) is 0 Å². The molecule has 0 aromatic rings. The van der Waals surface area contributed by atoms with Crippen molar-refractivity contribution in [2.24, 2.45) is 5.92 Å². The molecule has 2 aliphatic heterocycles. The van der Waals surface area contributed by atoms with Crippen LogP contribution in [0.25, 0.3) is 0 Å². The normalized spacial score (nSPS) is 31.9. The highest BCUT2D eigenvalue weighted by molar-refractivity contribution is 5.85. The Bertz CT molecular complexity index is 513. The quantitative estimate of drug-likeness (QED) is 0.725. The topological polar surface area (TPSA) is 60.0 Å². The summed E-state index contributed by atoms with van der Waals surface area (Å²) >= 11 is 0. The maximum absolute atomic E-state index is 13.1. The minimum Gasteiger partial charge on any atom is -0.387 e. The fraction of sp³-hybridized carbons (Fsp3) is 0.778. The van der Waals surface area contributed by atoms with Crippen molar-refractivity contribution in [2.75, 3.05) is 32.9 Å². The van der Waals surface area contributed by atoms with Gasteiger partial charge >= 0.3 is 6.36 Å². The summed E-state index contributed by atoms with van der Waals surface area (Å²) in [5.41, 5.74) is -3.08. The standard InChI is InChI=1S/C18H26F3NO4.ClH/c19-18(20,21)26-16(6-2-1-3-7-16)13-17(23,14-4-9-24-10-5-14)15-12-22-8-11-25-15;/h1-3,6,14-15,22-23H,4-5,7-13H2;1H. The third-order valence-electron chi connectivity index (χ3n) is 5.43. The van der Waals surface area contributed by atoms with E-state index in [1.807, 2.05) is 0 Å². The fourth-order valence-electron chi connectivity index (χ4n) is 4.20. The van der Waals surface area contributed by atoms with Crippen molar-refractivity contribution in [2.45, 2.75) is 49.4 Å². The molecule has 2 N–H and O–H groups in total. The number of hydrogen-bond acceptors (Lipinski definition) is 5. The number of ether oxygens (including phenoxy) is 3. The van der Waals surface area contributed by atoms with Gasteiger partial charge in [0.1, 0.15) is 5.60 Å². The van der Waals surface area contributed by atoms with Gasteiger partial charge in [0.15, 0.2) is 0 Å². The van der Waals surface area contributed by atoms with Crippen molar-refractivity contribution in [3.63, 3.8) is 0 Å². The second-order valence-corrected chi connectivity index (χ2v) is 7.22. The Balaban J connectivity index is 0.00000261. The van der Waals surface area contributed by atoms with Gasteiger partial charge in [-0.15, -0.1) is 25.6 Å². The van der Waals surface area contributed by atoms with E-state index in [1.165, 1.54) is 6.08 Å². The van der Waals surface area contributed by atoms with Crippen LogP contribution in [0.3, 0.4) is 0 Å². The molecule has 0 radical (unpaired) electrons. The van der Waals surface area contributed by atoms with Gasteiger partial charge in [0, 0.05) is 32.7 Å². The van der Waals surface area contributed by atoms with Crippen LogP contribution in [0.1, 0.15) is 25.7 Å². The number of nitrogens with one attached hydrogen (secondary N) is 1. The van der Waals surface area contributed by atoms with Crippen molar-refractivity contribution >= 4 is 12.4 Å². The lowest BCUT2D eigenvalue weighted by atomic mass is 9.70. The van der Waals surface area contributed by atoms with E-state index >= 15 is 0 Å². The Morgan fingerprint density at radius 2 is 1.93 bits per heavy atom. The van der Waals surface area contributed by atoms with Gasteiger partial charge in [-0.25, -0.2) is 0 Å². The van der Waals surface area contributed by atoms with Crippen LogP contribution in [0.2, 0.25) is 0 Å². The van der Waals surface area contributed by atoms with E-state index in [4.69, 9.17) is 9.47 Å². The van der Waals surface area contributed by atoms with Crippen LogP contribution in [0, 0.1) is 5.92 Å². The van der Waals surface area contributed by atoms with E-state index in [2.05, 4.69) is 10.1 Å². The fourth-order valence-corrected chi connectivity index (χ4v) is 4.20. The molecule has 0 bridgehead atoms. The molecule has 3 unspecified atom stereocenters. The summed E-state index contributed by atoms with van der Waals surface area (Å²) in [5, 5.41) is 14.8. The van der Waals surface area contributed by atoms with Crippen molar-refractivity contribution in [1.82, 2.24) is 5.32 Å². The number of allylic oxidation sites excluding steroid dienone is 2. The molecule has 9 heteroatoms. The Hall–Kier alpha value is -0.640. The molecule has 2 saturated heterocycles. The van der Waals surface area contributed by atoms with Gasteiger partial charge < -0.3 is 19.9 Å². The maximum Gasteiger partial charge on any atom is 0.523 e. The number of aliphatic hydroxyl groups is 1. The molecule has 0 aromatic heterocycles. The predicted octanol–water partition coefficient (Wildman–Crippen LogP) is 2.74. The molecule has 156 valence electrons. The predicted molar refractivity (Wildman–Crippen MR) is 95.7 cm³/mol. The number of halogens is 4. The lowest BCUT2D eigenvalue weighted by molar-refractivity contribution is -0.365. The molecule has 3 rings (SSSR count). The molecule has 3 atom stereocenters. The second kappa shape index (κ2) is 9.24. The average molecular weight is 414 g/mol. The van der Waals surface area contributed by atoms with Crippen molar-refractivity contribution < 1.29 is 32.5 Å². The monoisotopic (exact) mass is 413 g/mol. The summed E-state index contributed by atoms with van der Waals surface area (Å²) in [7, 11) is 0. The molecule has 3 aliphatic rings. The summed E-state index contributed by atoms with van der Waals surface area (Å²) in [6, 6.07) is 0. The molecule has 0 saturated carbocycles. The number of alkyl halides is 3. The van der Waals surface area contributed by atoms with E-state index < -0.39 is 23.7 Å². The van der Waals surface area contributed by atoms with Crippen molar-refractivity contribution in [3.05, 3.63) is 24.3 Å². The first-order valence-electron chi connectivity index (χ1n) is 9.07. The highest BCUT2D eigenvalue weighted by Crippen LogP contribution is 2.44. The van der Waals surface area contributed by atoms with Gasteiger partial charge in [0.2, 0.25) is 0 Å². The van der Waals surface area contributed by atoms with Crippen LogP contribution < -0.4 is 5.32 Å². The Morgan fingerprint density at radius 1 is 1.19 bits per heavy atom. The van der Waals surface area contributed by atoms with Gasteiger partial charge in [-0.2, -0.15) is 0 Å². The summed E-state index contributed by atoms with van der Waals surface area (Å²) in [6.45, 7) is 2.44. The van der Waals surface area contributed by atoms with Gasteiger partial charge in [-0.05, 0) is 25.2 Å². The molecule has 27 heavy (non-hydrogen) atoms. The average Bonchev–Trinajstić information content (AvgIpc) is 2.62. The lowest BCUT2D eigenvalue weighted by Crippen LogP contribution is -2.61. The van der Waals surface area contributed by atoms with E-state index in [0.29, 0.717) is 45.8 Å². The Kier molecular flexibility index (Phi) is 7.75. The van der Waals surface area contributed by atoms with Crippen LogP contribution >= 0.6 is 12.4 Å². The lowest BCUT2D eigenvalue weighted by Gasteiger charge is -2.49. The van der Waals surface area contributed by atoms with Gasteiger partial charge in [-0.1, -0.05) is 24.3 Å². The van der Waals surface area contributed by atoms with Crippen LogP contribution in [-0.2, 0) is 14.2 Å². The van der Waals surface area contributed by atoms with E-state index in [0.717, 1.165) is 0 Å². The molecule has 1 aliphatic carbocycles. The molecule has 2 fully saturated rings. The smallest absolute Gasteiger partial charge is 0.387 e. The molecular weight excluding hydrogens is 387 g/mol. The largest absolute Gasteiger partial charge is 0.523 e. The van der Waals surface area contributed by atoms with Crippen molar-refractivity contribution in [1.29, 1.82) is 0 Å². The summed E-state index contributed by atoms with van der Waals surface area (Å²) in [4.78, 5) is 0. The van der Waals surface area contributed by atoms with Gasteiger partial charge in [0.05, 0.1) is 18.3 Å². The highest BCUT2D eigenvalue weighted by atomic mass is 35.5. The summed E-state index contributed by atoms with van der Waals surface area (Å²) in [5.74, 6) is -0.214. The second-order valence-electron chi connectivity index (χ2n) is 7.22. The van der Waals surface area contributed by atoms with E-state index in [9.17, 15) is 18.3 Å². The first kappa shape index (κ1) is 22.6. The number of rotatable bonds is 5. The molecular formula is C18H27ClF3NO4.